The number of amides is 1. The first kappa shape index (κ1) is 22.3. The molecule has 0 aliphatic carbocycles. The summed E-state index contributed by atoms with van der Waals surface area (Å²) in [7, 11) is -3.97. The Balaban J connectivity index is 1.79. The van der Waals surface area contributed by atoms with Crippen molar-refractivity contribution in [1.29, 1.82) is 0 Å². The van der Waals surface area contributed by atoms with Gasteiger partial charge in [0.2, 0.25) is 10.0 Å². The van der Waals surface area contributed by atoms with Crippen LogP contribution < -0.4 is 5.43 Å². The third kappa shape index (κ3) is 6.31. The minimum absolute atomic E-state index is 0.0702. The summed E-state index contributed by atoms with van der Waals surface area (Å²) in [5, 5.41) is 3.88. The lowest BCUT2D eigenvalue weighted by Gasteiger charge is -2.21. The van der Waals surface area contributed by atoms with Crippen molar-refractivity contribution in [1.82, 2.24) is 9.73 Å². The summed E-state index contributed by atoms with van der Waals surface area (Å²) in [5.74, 6) is -1.02. The highest BCUT2D eigenvalue weighted by atomic mass is 32.2. The lowest BCUT2D eigenvalue weighted by molar-refractivity contribution is -0.121. The largest absolute Gasteiger partial charge is 0.272 e. The standard InChI is InChI=1S/C23H22FN3O3S/c1-18-7-13-22(14-8-18)31(29,30)27(16-20-9-11-21(24)12-10-20)17-23(28)26-25-15-19-5-3-2-4-6-19/h2-15H,16-17H2,1H3,(H,26,28)/b25-15-. The van der Waals surface area contributed by atoms with Crippen LogP contribution in [0, 0.1) is 12.7 Å². The third-order valence-electron chi connectivity index (χ3n) is 4.45. The molecule has 0 saturated carbocycles. The molecule has 0 spiro atoms. The molecule has 8 heteroatoms. The number of rotatable bonds is 8. The zero-order valence-electron chi connectivity index (χ0n) is 16.9. The maximum absolute atomic E-state index is 13.2. The fraction of sp³-hybridized carbons (Fsp3) is 0.130. The molecule has 1 N–H and O–H groups in total. The summed E-state index contributed by atoms with van der Waals surface area (Å²) in [6.45, 7) is 1.32. The van der Waals surface area contributed by atoms with Crippen molar-refractivity contribution in [3.63, 3.8) is 0 Å². The van der Waals surface area contributed by atoms with Crippen LogP contribution in [-0.2, 0) is 21.4 Å². The number of benzene rings is 3. The van der Waals surface area contributed by atoms with Crippen LogP contribution in [0.1, 0.15) is 16.7 Å². The van der Waals surface area contributed by atoms with E-state index in [1.165, 1.54) is 42.6 Å². The zero-order chi connectivity index (χ0) is 22.3. The molecule has 160 valence electrons. The monoisotopic (exact) mass is 439 g/mol. The number of halogens is 1. The van der Waals surface area contributed by atoms with Gasteiger partial charge in [-0.15, -0.1) is 0 Å². The van der Waals surface area contributed by atoms with Crippen molar-refractivity contribution < 1.29 is 17.6 Å². The summed E-state index contributed by atoms with van der Waals surface area (Å²) in [6.07, 6.45) is 1.47. The Hall–Kier alpha value is -3.36. The van der Waals surface area contributed by atoms with Crippen LogP contribution in [0.3, 0.4) is 0 Å². The Kier molecular flexibility index (Phi) is 7.28. The van der Waals surface area contributed by atoms with Gasteiger partial charge in [-0.25, -0.2) is 18.2 Å². The van der Waals surface area contributed by atoms with Gasteiger partial charge < -0.3 is 0 Å². The van der Waals surface area contributed by atoms with E-state index in [9.17, 15) is 17.6 Å². The fourth-order valence-electron chi connectivity index (χ4n) is 2.79. The number of hydrazone groups is 1. The molecular formula is C23H22FN3O3S. The smallest absolute Gasteiger partial charge is 0.255 e. The van der Waals surface area contributed by atoms with Crippen molar-refractivity contribution in [2.24, 2.45) is 5.10 Å². The van der Waals surface area contributed by atoms with Gasteiger partial charge in [0, 0.05) is 6.54 Å². The van der Waals surface area contributed by atoms with Crippen LogP contribution in [0.2, 0.25) is 0 Å². The van der Waals surface area contributed by atoms with E-state index in [1.54, 1.807) is 12.1 Å². The molecule has 1 amide bonds. The van der Waals surface area contributed by atoms with Gasteiger partial charge in [0.25, 0.3) is 5.91 Å². The number of hydrogen-bond donors (Lipinski definition) is 1. The van der Waals surface area contributed by atoms with Gasteiger partial charge in [-0.05, 0) is 42.3 Å². The summed E-state index contributed by atoms with van der Waals surface area (Å²) >= 11 is 0. The van der Waals surface area contributed by atoms with E-state index in [0.717, 1.165) is 15.4 Å². The maximum atomic E-state index is 13.2. The van der Waals surface area contributed by atoms with E-state index in [4.69, 9.17) is 0 Å². The third-order valence-corrected chi connectivity index (χ3v) is 6.26. The highest BCUT2D eigenvalue weighted by molar-refractivity contribution is 7.89. The molecule has 0 atom stereocenters. The Labute approximate surface area is 181 Å². The number of carbonyl (C=O) groups excluding carboxylic acids is 1. The normalized spacial score (nSPS) is 11.7. The Morgan fingerprint density at radius 1 is 1.00 bits per heavy atom. The molecule has 0 fully saturated rings. The molecule has 0 radical (unpaired) electrons. The number of aryl methyl sites for hydroxylation is 1. The van der Waals surface area contributed by atoms with Crippen molar-refractivity contribution in [2.45, 2.75) is 18.4 Å². The first-order valence-corrected chi connectivity index (χ1v) is 11.0. The Morgan fingerprint density at radius 2 is 1.65 bits per heavy atom. The van der Waals surface area contributed by atoms with Crippen LogP contribution in [0.5, 0.6) is 0 Å². The first-order valence-electron chi connectivity index (χ1n) is 9.53. The fourth-order valence-corrected chi connectivity index (χ4v) is 4.18. The minimum Gasteiger partial charge on any atom is -0.272 e. The summed E-state index contributed by atoms with van der Waals surface area (Å²) in [4.78, 5) is 12.5. The number of nitrogens with zero attached hydrogens (tertiary/aromatic N) is 2. The first-order chi connectivity index (χ1) is 14.8. The van der Waals surface area contributed by atoms with E-state index in [-0.39, 0.29) is 11.4 Å². The van der Waals surface area contributed by atoms with E-state index < -0.39 is 28.3 Å². The van der Waals surface area contributed by atoms with E-state index in [0.29, 0.717) is 5.56 Å². The average molecular weight is 440 g/mol. The molecule has 0 unspecified atom stereocenters. The molecule has 6 nitrogen and oxygen atoms in total. The number of hydrogen-bond acceptors (Lipinski definition) is 4. The highest BCUT2D eigenvalue weighted by Crippen LogP contribution is 2.19. The predicted octanol–water partition coefficient (Wildman–Crippen LogP) is 3.48. The van der Waals surface area contributed by atoms with Crippen molar-refractivity contribution in [3.05, 3.63) is 101 Å². The summed E-state index contributed by atoms with van der Waals surface area (Å²) in [5.41, 5.74) is 4.61. The highest BCUT2D eigenvalue weighted by Gasteiger charge is 2.27. The van der Waals surface area contributed by atoms with Crippen LogP contribution in [-0.4, -0.2) is 31.4 Å². The van der Waals surface area contributed by atoms with Gasteiger partial charge >= 0.3 is 0 Å². The number of carbonyl (C=O) groups is 1. The molecule has 0 aromatic heterocycles. The topological polar surface area (TPSA) is 78.8 Å². The number of nitrogens with one attached hydrogen (secondary N) is 1. The van der Waals surface area contributed by atoms with Crippen LogP contribution in [0.25, 0.3) is 0 Å². The van der Waals surface area contributed by atoms with E-state index in [1.807, 2.05) is 37.3 Å². The van der Waals surface area contributed by atoms with Gasteiger partial charge in [0.1, 0.15) is 5.82 Å². The quantitative estimate of drug-likeness (QED) is 0.431. The van der Waals surface area contributed by atoms with Crippen LogP contribution in [0.15, 0.2) is 88.9 Å². The van der Waals surface area contributed by atoms with Crippen LogP contribution in [0.4, 0.5) is 4.39 Å². The predicted molar refractivity (Wildman–Crippen MR) is 117 cm³/mol. The second-order valence-electron chi connectivity index (χ2n) is 6.92. The van der Waals surface area contributed by atoms with Gasteiger partial charge in [-0.3, -0.25) is 4.79 Å². The van der Waals surface area contributed by atoms with Gasteiger partial charge in [0.15, 0.2) is 0 Å². The Morgan fingerprint density at radius 3 is 2.29 bits per heavy atom. The van der Waals surface area contributed by atoms with Crippen molar-refractivity contribution >= 4 is 22.1 Å². The lowest BCUT2D eigenvalue weighted by Crippen LogP contribution is -2.39. The zero-order valence-corrected chi connectivity index (χ0v) is 17.7. The van der Waals surface area contributed by atoms with Crippen molar-refractivity contribution in [2.75, 3.05) is 6.54 Å². The lowest BCUT2D eigenvalue weighted by atomic mass is 10.2. The van der Waals surface area contributed by atoms with Gasteiger partial charge in [0.05, 0.1) is 17.7 Å². The second-order valence-corrected chi connectivity index (χ2v) is 8.85. The average Bonchev–Trinajstić information content (AvgIpc) is 2.76. The van der Waals surface area contributed by atoms with Gasteiger partial charge in [-0.1, -0.05) is 60.2 Å². The molecule has 0 heterocycles. The molecule has 3 aromatic rings. The van der Waals surface area contributed by atoms with E-state index >= 15 is 0 Å². The van der Waals surface area contributed by atoms with E-state index in [2.05, 4.69) is 10.5 Å². The molecule has 3 rings (SSSR count). The van der Waals surface area contributed by atoms with Gasteiger partial charge in [-0.2, -0.15) is 9.41 Å². The minimum atomic E-state index is -3.97. The molecular weight excluding hydrogens is 417 g/mol. The SMILES string of the molecule is Cc1ccc(S(=O)(=O)N(CC(=O)N/N=C\c2ccccc2)Cc2ccc(F)cc2)cc1. The van der Waals surface area contributed by atoms with Crippen LogP contribution >= 0.6 is 0 Å². The molecule has 31 heavy (non-hydrogen) atoms. The summed E-state index contributed by atoms with van der Waals surface area (Å²) < 4.78 is 40.6. The molecule has 0 aliphatic heterocycles. The molecule has 0 bridgehead atoms. The second kappa shape index (κ2) is 10.1. The molecule has 3 aromatic carbocycles. The molecule has 0 saturated heterocycles. The number of sulfonamides is 1. The Bertz CT molecular complexity index is 1150. The summed E-state index contributed by atoms with van der Waals surface area (Å²) in [6, 6.07) is 21.0. The maximum Gasteiger partial charge on any atom is 0.255 e. The molecule has 0 aliphatic rings. The van der Waals surface area contributed by atoms with Crippen molar-refractivity contribution in [3.8, 4) is 0 Å².